The Hall–Kier alpha value is -1.70. The Morgan fingerprint density at radius 2 is 2.00 bits per heavy atom. The highest BCUT2D eigenvalue weighted by atomic mass is 16.6. The fourth-order valence-corrected chi connectivity index (χ4v) is 3.09. The van der Waals surface area contributed by atoms with Crippen LogP contribution in [0.2, 0.25) is 0 Å². The summed E-state index contributed by atoms with van der Waals surface area (Å²) in [5.41, 5.74) is -2.73. The number of nitro groups is 2. The van der Waals surface area contributed by atoms with Crippen LogP contribution in [0.5, 0.6) is 0 Å². The Bertz CT molecular complexity index is 437. The first kappa shape index (κ1) is 12.7. The third-order valence-corrected chi connectivity index (χ3v) is 3.69. The van der Waals surface area contributed by atoms with Gasteiger partial charge in [-0.25, -0.2) is 0 Å². The number of likely N-dealkylation sites (N-methyl/N-ethyl adjacent to an activating group) is 1. The second kappa shape index (κ2) is 3.91. The van der Waals surface area contributed by atoms with Gasteiger partial charge >= 0.3 is 0 Å². The van der Waals surface area contributed by atoms with E-state index in [1.807, 2.05) is 0 Å². The molecule has 2 aliphatic rings. The fraction of sp³-hybridized carbons (Fsp3) is 0.800. The number of fused-ring (bicyclic) bond motifs is 2. The second-order valence-electron chi connectivity index (χ2n) is 5.18. The summed E-state index contributed by atoms with van der Waals surface area (Å²) in [7, 11) is 3.05. The minimum atomic E-state index is -1.41. The molecular formula is C10H15N3O5. The Labute approximate surface area is 104 Å². The van der Waals surface area contributed by atoms with E-state index in [9.17, 15) is 20.2 Å². The summed E-state index contributed by atoms with van der Waals surface area (Å²) in [5.74, 6) is 0.336. The van der Waals surface area contributed by atoms with Gasteiger partial charge in [-0.3, -0.25) is 25.1 Å². The van der Waals surface area contributed by atoms with Crippen molar-refractivity contribution >= 4 is 0 Å². The predicted octanol–water partition coefficient (Wildman–Crippen LogP) is 0.287. The van der Waals surface area contributed by atoms with E-state index in [1.54, 1.807) is 11.9 Å². The van der Waals surface area contributed by atoms with E-state index in [2.05, 4.69) is 0 Å². The molecule has 0 aromatic heterocycles. The molecule has 0 amide bonds. The molecule has 1 aliphatic heterocycles. The van der Waals surface area contributed by atoms with Crippen molar-refractivity contribution in [2.45, 2.75) is 23.9 Å². The molecule has 8 heteroatoms. The minimum Gasteiger partial charge on any atom is -0.501 e. The Morgan fingerprint density at radius 3 is 2.50 bits per heavy atom. The van der Waals surface area contributed by atoms with E-state index >= 15 is 0 Å². The van der Waals surface area contributed by atoms with Crippen LogP contribution in [0.15, 0.2) is 11.8 Å². The molecule has 1 saturated heterocycles. The van der Waals surface area contributed by atoms with Crippen LogP contribution in [0.4, 0.5) is 0 Å². The molecule has 1 fully saturated rings. The third kappa shape index (κ3) is 1.72. The average Bonchev–Trinajstić information content (AvgIpc) is 2.26. The zero-order valence-corrected chi connectivity index (χ0v) is 10.3. The number of ether oxygens (including phenoxy) is 1. The van der Waals surface area contributed by atoms with Gasteiger partial charge in [0, 0.05) is 15.9 Å². The van der Waals surface area contributed by atoms with Crippen LogP contribution in [0.3, 0.4) is 0 Å². The van der Waals surface area contributed by atoms with Crippen molar-refractivity contribution in [2.24, 2.45) is 0 Å². The van der Waals surface area contributed by atoms with Gasteiger partial charge in [0.25, 0.3) is 5.54 Å². The fourth-order valence-electron chi connectivity index (χ4n) is 3.09. The van der Waals surface area contributed by atoms with Gasteiger partial charge in [-0.1, -0.05) is 0 Å². The molecule has 1 heterocycles. The summed E-state index contributed by atoms with van der Waals surface area (Å²) in [6.45, 7) is 0.374. The van der Waals surface area contributed by atoms with Gasteiger partial charge < -0.3 is 4.74 Å². The minimum absolute atomic E-state index is 0.0722. The van der Waals surface area contributed by atoms with E-state index in [-0.39, 0.29) is 25.9 Å². The average molecular weight is 257 g/mol. The summed E-state index contributed by atoms with van der Waals surface area (Å²) in [6.07, 6.45) is 1.47. The van der Waals surface area contributed by atoms with Crippen LogP contribution in [-0.4, -0.2) is 53.1 Å². The zero-order chi connectivity index (χ0) is 13.6. The second-order valence-corrected chi connectivity index (χ2v) is 5.18. The van der Waals surface area contributed by atoms with Crippen molar-refractivity contribution in [1.82, 2.24) is 4.90 Å². The molecule has 100 valence electrons. The SMILES string of the molecule is COC1=CC2([N+](=O)[O-])CN(C)CC([N+](=O)[O-])(C1)C2. The van der Waals surface area contributed by atoms with E-state index in [1.165, 1.54) is 13.2 Å². The number of hydrogen-bond acceptors (Lipinski definition) is 6. The number of piperidine rings is 1. The molecular weight excluding hydrogens is 242 g/mol. The van der Waals surface area contributed by atoms with E-state index in [0.717, 1.165) is 0 Å². The maximum atomic E-state index is 11.3. The first-order valence-corrected chi connectivity index (χ1v) is 5.57. The predicted molar refractivity (Wildman–Crippen MR) is 61.3 cm³/mol. The zero-order valence-electron chi connectivity index (χ0n) is 10.3. The lowest BCUT2D eigenvalue weighted by Crippen LogP contribution is -2.65. The Balaban J connectivity index is 2.52. The van der Waals surface area contributed by atoms with Crippen molar-refractivity contribution < 1.29 is 14.6 Å². The van der Waals surface area contributed by atoms with Gasteiger partial charge in [0.1, 0.15) is 5.76 Å². The lowest BCUT2D eigenvalue weighted by molar-refractivity contribution is -0.620. The standard InChI is InChI=1S/C10H15N3O5/c1-11-6-9(12(14)15)3-8(18-2)4-10(5-9,7-11)13(16)17/h3H,4-7H2,1-2H3. The Morgan fingerprint density at radius 1 is 1.33 bits per heavy atom. The molecule has 2 atom stereocenters. The monoisotopic (exact) mass is 257 g/mol. The van der Waals surface area contributed by atoms with Crippen LogP contribution < -0.4 is 0 Å². The van der Waals surface area contributed by atoms with Crippen molar-refractivity contribution in [3.63, 3.8) is 0 Å². The van der Waals surface area contributed by atoms with Gasteiger partial charge in [0.2, 0.25) is 5.54 Å². The van der Waals surface area contributed by atoms with Crippen molar-refractivity contribution in [3.05, 3.63) is 32.1 Å². The topological polar surface area (TPSA) is 98.8 Å². The van der Waals surface area contributed by atoms with Crippen LogP contribution in [0.1, 0.15) is 12.8 Å². The summed E-state index contributed by atoms with van der Waals surface area (Å²) in [5, 5.41) is 22.6. The first-order valence-electron chi connectivity index (χ1n) is 5.57. The van der Waals surface area contributed by atoms with Crippen molar-refractivity contribution in [1.29, 1.82) is 0 Å². The molecule has 2 unspecified atom stereocenters. The summed E-state index contributed by atoms with van der Waals surface area (Å²) in [6, 6.07) is 0. The van der Waals surface area contributed by atoms with Gasteiger partial charge in [-0.05, 0) is 7.05 Å². The van der Waals surface area contributed by atoms with E-state index < -0.39 is 20.9 Å². The first-order chi connectivity index (χ1) is 8.33. The van der Waals surface area contributed by atoms with Crippen LogP contribution in [-0.2, 0) is 4.74 Å². The van der Waals surface area contributed by atoms with Gasteiger partial charge in [0.15, 0.2) is 0 Å². The summed E-state index contributed by atoms with van der Waals surface area (Å²) >= 11 is 0. The Kier molecular flexibility index (Phi) is 2.77. The third-order valence-electron chi connectivity index (χ3n) is 3.69. The summed E-state index contributed by atoms with van der Waals surface area (Å²) < 4.78 is 5.05. The van der Waals surface area contributed by atoms with E-state index in [0.29, 0.717) is 5.76 Å². The quantitative estimate of drug-likeness (QED) is 0.532. The van der Waals surface area contributed by atoms with Crippen LogP contribution >= 0.6 is 0 Å². The number of hydrogen-bond donors (Lipinski definition) is 0. The molecule has 8 nitrogen and oxygen atoms in total. The van der Waals surface area contributed by atoms with Crippen LogP contribution in [0, 0.1) is 20.2 Å². The lowest BCUT2D eigenvalue weighted by Gasteiger charge is -2.43. The lowest BCUT2D eigenvalue weighted by atomic mass is 9.71. The van der Waals surface area contributed by atoms with Crippen LogP contribution in [0.25, 0.3) is 0 Å². The maximum Gasteiger partial charge on any atom is 0.263 e. The molecule has 0 aromatic rings. The molecule has 0 N–H and O–H groups in total. The van der Waals surface area contributed by atoms with Gasteiger partial charge in [-0.2, -0.15) is 0 Å². The van der Waals surface area contributed by atoms with Crippen molar-refractivity contribution in [2.75, 3.05) is 27.2 Å². The molecule has 2 bridgehead atoms. The highest BCUT2D eigenvalue weighted by Gasteiger charge is 2.63. The smallest absolute Gasteiger partial charge is 0.263 e. The highest BCUT2D eigenvalue weighted by Crippen LogP contribution is 2.42. The van der Waals surface area contributed by atoms with E-state index in [4.69, 9.17) is 4.74 Å². The summed E-state index contributed by atoms with van der Waals surface area (Å²) in [4.78, 5) is 23.5. The van der Waals surface area contributed by atoms with Gasteiger partial charge in [-0.15, -0.1) is 0 Å². The molecule has 0 aromatic carbocycles. The molecule has 0 spiro atoms. The molecule has 0 radical (unpaired) electrons. The number of likely N-dealkylation sites (tertiary alicyclic amines) is 1. The number of rotatable bonds is 3. The molecule has 1 aliphatic carbocycles. The van der Waals surface area contributed by atoms with Crippen molar-refractivity contribution in [3.8, 4) is 0 Å². The van der Waals surface area contributed by atoms with Gasteiger partial charge in [0.05, 0.1) is 33.0 Å². The largest absolute Gasteiger partial charge is 0.501 e. The number of methoxy groups -OCH3 is 1. The number of nitrogens with zero attached hydrogens (tertiary/aromatic N) is 3. The maximum absolute atomic E-state index is 11.3. The molecule has 18 heavy (non-hydrogen) atoms. The molecule has 2 rings (SSSR count). The highest BCUT2D eigenvalue weighted by molar-refractivity contribution is 5.21. The molecule has 0 saturated carbocycles. The normalized spacial score (nSPS) is 35.8.